The summed E-state index contributed by atoms with van der Waals surface area (Å²) in [4.78, 5) is 2.31. The highest BCUT2D eigenvalue weighted by Gasteiger charge is 2.44. The number of likely N-dealkylation sites (N-methyl/N-ethyl adjacent to an activating group) is 1. The lowest BCUT2D eigenvalue weighted by atomic mass is 9.85. The topological polar surface area (TPSA) is 47.1 Å². The van der Waals surface area contributed by atoms with Crippen LogP contribution in [0.1, 0.15) is 57.3 Å². The van der Waals surface area contributed by atoms with E-state index in [9.17, 15) is 0 Å². The van der Waals surface area contributed by atoms with Crippen molar-refractivity contribution in [2.75, 3.05) is 14.1 Å². The minimum Gasteiger partial charge on any atom is -0.321 e. The van der Waals surface area contributed by atoms with Crippen molar-refractivity contribution in [2.24, 2.45) is 5.73 Å². The van der Waals surface area contributed by atoms with Crippen LogP contribution >= 0.6 is 15.9 Å². The molecule has 1 heterocycles. The van der Waals surface area contributed by atoms with Gasteiger partial charge in [-0.05, 0) is 56.7 Å². The van der Waals surface area contributed by atoms with Gasteiger partial charge in [-0.25, -0.2) is 0 Å². The molecule has 1 fully saturated rings. The predicted molar refractivity (Wildman–Crippen MR) is 82.1 cm³/mol. The summed E-state index contributed by atoms with van der Waals surface area (Å²) in [5.74, 6) is 0. The Morgan fingerprint density at radius 1 is 1.37 bits per heavy atom. The molecule has 0 aliphatic heterocycles. The fraction of sp³-hybridized carbons (Fsp3) is 0.786. The van der Waals surface area contributed by atoms with Gasteiger partial charge in [0.1, 0.15) is 0 Å². The molecule has 19 heavy (non-hydrogen) atoms. The second-order valence-electron chi connectivity index (χ2n) is 6.10. The first-order valence-electron chi connectivity index (χ1n) is 7.06. The summed E-state index contributed by atoms with van der Waals surface area (Å²) in [5.41, 5.74) is 7.88. The molecule has 1 aromatic heterocycles. The molecule has 1 saturated carbocycles. The lowest BCUT2D eigenvalue weighted by Gasteiger charge is -2.42. The van der Waals surface area contributed by atoms with E-state index in [2.05, 4.69) is 58.6 Å². The molecule has 1 aliphatic rings. The van der Waals surface area contributed by atoms with Crippen molar-refractivity contribution in [1.82, 2.24) is 14.7 Å². The van der Waals surface area contributed by atoms with Gasteiger partial charge in [-0.1, -0.05) is 12.8 Å². The van der Waals surface area contributed by atoms with E-state index in [-0.39, 0.29) is 11.6 Å². The Hall–Kier alpha value is -0.390. The van der Waals surface area contributed by atoms with Gasteiger partial charge in [0.25, 0.3) is 0 Å². The van der Waals surface area contributed by atoms with Gasteiger partial charge in [-0.3, -0.25) is 4.68 Å². The Labute approximate surface area is 124 Å². The van der Waals surface area contributed by atoms with Crippen LogP contribution in [0.4, 0.5) is 0 Å². The highest BCUT2D eigenvalue weighted by Crippen LogP contribution is 2.44. The largest absolute Gasteiger partial charge is 0.321 e. The molecule has 1 aliphatic carbocycles. The first-order valence-corrected chi connectivity index (χ1v) is 7.85. The summed E-state index contributed by atoms with van der Waals surface area (Å²) in [6, 6.07) is 0.317. The van der Waals surface area contributed by atoms with Crippen molar-refractivity contribution in [3.05, 3.63) is 16.4 Å². The van der Waals surface area contributed by atoms with Gasteiger partial charge >= 0.3 is 0 Å². The van der Waals surface area contributed by atoms with Gasteiger partial charge in [0, 0.05) is 11.6 Å². The summed E-state index contributed by atoms with van der Waals surface area (Å²) in [6.07, 6.45) is 6.72. The maximum absolute atomic E-state index is 6.69. The van der Waals surface area contributed by atoms with Crippen LogP contribution in [-0.2, 0) is 0 Å². The number of hydrogen-bond acceptors (Lipinski definition) is 3. The average Bonchev–Trinajstić information content (AvgIpc) is 2.94. The normalized spacial score (nSPS) is 20.4. The molecule has 0 bridgehead atoms. The standard InChI is InChI=1S/C14H25BrN4/c1-10(2)19-12(11(15)9-17-19)13(16)14(18(3)4)7-5-6-8-14/h9-10,13H,5-8,16H2,1-4H3. The van der Waals surface area contributed by atoms with E-state index >= 15 is 0 Å². The van der Waals surface area contributed by atoms with Crippen molar-refractivity contribution in [2.45, 2.75) is 57.2 Å². The molecule has 0 radical (unpaired) electrons. The van der Waals surface area contributed by atoms with Crippen LogP contribution in [0.5, 0.6) is 0 Å². The third-order valence-corrected chi connectivity index (χ3v) is 5.12. The predicted octanol–water partition coefficient (Wildman–Crippen LogP) is 3.10. The van der Waals surface area contributed by atoms with Crippen molar-refractivity contribution in [3.8, 4) is 0 Å². The molecule has 0 amide bonds. The Balaban J connectivity index is 2.43. The van der Waals surface area contributed by atoms with Crippen LogP contribution in [0.15, 0.2) is 10.7 Å². The molecule has 0 spiro atoms. The Kier molecular flexibility index (Phi) is 4.38. The molecule has 1 atom stereocenters. The lowest BCUT2D eigenvalue weighted by Crippen LogP contribution is -2.51. The van der Waals surface area contributed by atoms with E-state index in [1.165, 1.54) is 12.8 Å². The minimum absolute atomic E-state index is 0.00993. The monoisotopic (exact) mass is 328 g/mol. The van der Waals surface area contributed by atoms with E-state index in [4.69, 9.17) is 5.73 Å². The molecule has 108 valence electrons. The number of rotatable bonds is 4. The fourth-order valence-electron chi connectivity index (χ4n) is 3.33. The van der Waals surface area contributed by atoms with Gasteiger partial charge in [-0.15, -0.1) is 0 Å². The number of nitrogens with two attached hydrogens (primary N) is 1. The van der Waals surface area contributed by atoms with E-state index in [1.807, 2.05) is 6.20 Å². The van der Waals surface area contributed by atoms with E-state index < -0.39 is 0 Å². The van der Waals surface area contributed by atoms with Crippen molar-refractivity contribution in [3.63, 3.8) is 0 Å². The van der Waals surface area contributed by atoms with Crippen LogP contribution in [0.2, 0.25) is 0 Å². The molecule has 1 aromatic rings. The Morgan fingerprint density at radius 2 is 1.95 bits per heavy atom. The number of nitrogens with zero attached hydrogens (tertiary/aromatic N) is 3. The zero-order valence-electron chi connectivity index (χ0n) is 12.4. The number of aromatic nitrogens is 2. The minimum atomic E-state index is -0.00993. The van der Waals surface area contributed by atoms with Crippen molar-refractivity contribution < 1.29 is 0 Å². The van der Waals surface area contributed by atoms with Gasteiger partial charge in [0.2, 0.25) is 0 Å². The van der Waals surface area contributed by atoms with Crippen LogP contribution in [0.3, 0.4) is 0 Å². The second-order valence-corrected chi connectivity index (χ2v) is 6.95. The molecule has 4 nitrogen and oxygen atoms in total. The van der Waals surface area contributed by atoms with Gasteiger partial charge in [-0.2, -0.15) is 5.10 Å². The first kappa shape index (κ1) is 15.0. The highest BCUT2D eigenvalue weighted by atomic mass is 79.9. The molecule has 0 aromatic carbocycles. The average molecular weight is 329 g/mol. The molecule has 0 saturated heterocycles. The summed E-state index contributed by atoms with van der Waals surface area (Å²) in [5, 5.41) is 4.47. The van der Waals surface area contributed by atoms with Crippen LogP contribution in [-0.4, -0.2) is 34.3 Å². The molecule has 2 rings (SSSR count). The summed E-state index contributed by atoms with van der Waals surface area (Å²) < 4.78 is 3.08. The summed E-state index contributed by atoms with van der Waals surface area (Å²) >= 11 is 3.62. The molecule has 1 unspecified atom stereocenters. The highest BCUT2D eigenvalue weighted by molar-refractivity contribution is 9.10. The maximum atomic E-state index is 6.69. The Bertz CT molecular complexity index is 433. The molecular weight excluding hydrogens is 304 g/mol. The molecular formula is C14H25BrN4. The number of hydrogen-bond donors (Lipinski definition) is 1. The van der Waals surface area contributed by atoms with E-state index in [0.717, 1.165) is 23.0 Å². The number of halogens is 1. The summed E-state index contributed by atoms with van der Waals surface area (Å²) in [7, 11) is 4.30. The van der Waals surface area contributed by atoms with E-state index in [1.54, 1.807) is 0 Å². The van der Waals surface area contributed by atoms with Crippen LogP contribution < -0.4 is 5.73 Å². The zero-order chi connectivity index (χ0) is 14.2. The zero-order valence-corrected chi connectivity index (χ0v) is 13.9. The maximum Gasteiger partial charge on any atom is 0.0715 e. The fourth-order valence-corrected chi connectivity index (χ4v) is 3.85. The third kappa shape index (κ3) is 2.48. The van der Waals surface area contributed by atoms with Gasteiger partial charge in [0.05, 0.1) is 22.4 Å². The van der Waals surface area contributed by atoms with Crippen LogP contribution in [0, 0.1) is 0 Å². The first-order chi connectivity index (χ1) is 8.90. The second kappa shape index (κ2) is 5.54. The van der Waals surface area contributed by atoms with Crippen LogP contribution in [0.25, 0.3) is 0 Å². The van der Waals surface area contributed by atoms with Gasteiger partial charge < -0.3 is 10.6 Å². The summed E-state index contributed by atoms with van der Waals surface area (Å²) in [6.45, 7) is 4.29. The molecule has 2 N–H and O–H groups in total. The third-order valence-electron chi connectivity index (χ3n) is 4.51. The Morgan fingerprint density at radius 3 is 2.42 bits per heavy atom. The van der Waals surface area contributed by atoms with Crippen molar-refractivity contribution >= 4 is 15.9 Å². The SMILES string of the molecule is CC(C)n1ncc(Br)c1C(N)C1(N(C)C)CCCC1. The van der Waals surface area contributed by atoms with E-state index in [0.29, 0.717) is 6.04 Å². The smallest absolute Gasteiger partial charge is 0.0715 e. The van der Waals surface area contributed by atoms with Crippen molar-refractivity contribution in [1.29, 1.82) is 0 Å². The quantitative estimate of drug-likeness (QED) is 0.923. The lowest BCUT2D eigenvalue weighted by molar-refractivity contribution is 0.118. The van der Waals surface area contributed by atoms with Gasteiger partial charge in [0.15, 0.2) is 0 Å². The molecule has 5 heteroatoms.